The van der Waals surface area contributed by atoms with Crippen molar-refractivity contribution in [1.82, 2.24) is 15.8 Å². The van der Waals surface area contributed by atoms with E-state index in [1.54, 1.807) is 11.3 Å². The van der Waals surface area contributed by atoms with Crippen LogP contribution in [0.4, 0.5) is 0 Å². The maximum absolute atomic E-state index is 12.3. The molecule has 0 bridgehead atoms. The van der Waals surface area contributed by atoms with E-state index in [-0.39, 0.29) is 11.8 Å². The number of benzene rings is 1. The average molecular weight is 382 g/mol. The third-order valence-corrected chi connectivity index (χ3v) is 6.40. The molecule has 1 aliphatic carbocycles. The van der Waals surface area contributed by atoms with Crippen LogP contribution in [0.15, 0.2) is 36.5 Å². The number of aryl methyl sites for hydroxylation is 2. The van der Waals surface area contributed by atoms with E-state index in [2.05, 4.69) is 22.8 Å². The molecule has 2 heterocycles. The van der Waals surface area contributed by atoms with E-state index in [0.29, 0.717) is 23.6 Å². The van der Waals surface area contributed by atoms with Crippen molar-refractivity contribution in [3.63, 3.8) is 0 Å². The topological polar surface area (TPSA) is 74.0 Å². The molecule has 0 fully saturated rings. The molecule has 140 valence electrons. The normalized spacial score (nSPS) is 16.1. The molecule has 0 saturated heterocycles. The van der Waals surface area contributed by atoms with Gasteiger partial charge in [-0.3, -0.25) is 20.4 Å². The first-order valence-corrected chi connectivity index (χ1v) is 10.2. The molecule has 3 aromatic rings. The molecule has 4 rings (SSSR count). The highest BCUT2D eigenvalue weighted by molar-refractivity contribution is 7.14. The van der Waals surface area contributed by atoms with Gasteiger partial charge in [0.05, 0.1) is 4.88 Å². The number of amides is 2. The maximum atomic E-state index is 12.3. The Balaban J connectivity index is 1.29. The summed E-state index contributed by atoms with van der Waals surface area (Å²) in [6.07, 6.45) is 6.14. The summed E-state index contributed by atoms with van der Waals surface area (Å²) >= 11 is 1.54. The van der Waals surface area contributed by atoms with Crippen LogP contribution in [0.25, 0.3) is 10.9 Å². The average Bonchev–Trinajstić information content (AvgIpc) is 3.28. The van der Waals surface area contributed by atoms with E-state index in [1.807, 2.05) is 36.5 Å². The molecule has 0 radical (unpaired) electrons. The summed E-state index contributed by atoms with van der Waals surface area (Å²) in [7, 11) is 0. The van der Waals surface area contributed by atoms with Gasteiger partial charge in [0.15, 0.2) is 0 Å². The number of nitrogens with one attached hydrogen (secondary N) is 3. The van der Waals surface area contributed by atoms with Crippen molar-refractivity contribution in [2.24, 2.45) is 5.92 Å². The Bertz CT molecular complexity index is 988. The molecule has 0 saturated carbocycles. The molecule has 0 aliphatic heterocycles. The summed E-state index contributed by atoms with van der Waals surface area (Å²) in [6.45, 7) is 2.24. The van der Waals surface area contributed by atoms with Gasteiger partial charge < -0.3 is 4.98 Å². The molecule has 1 unspecified atom stereocenters. The number of carbonyl (C=O) groups excluding carboxylic acids is 2. The van der Waals surface area contributed by atoms with Crippen molar-refractivity contribution in [3.8, 4) is 0 Å². The second-order valence-electron chi connectivity index (χ2n) is 7.27. The number of aromatic amines is 1. The van der Waals surface area contributed by atoms with Crippen LogP contribution in [-0.2, 0) is 24.1 Å². The lowest BCUT2D eigenvalue weighted by atomic mass is 9.90. The molecule has 1 aliphatic rings. The molecule has 1 atom stereocenters. The monoisotopic (exact) mass is 381 g/mol. The van der Waals surface area contributed by atoms with Crippen molar-refractivity contribution in [1.29, 1.82) is 0 Å². The first kappa shape index (κ1) is 17.8. The van der Waals surface area contributed by atoms with Crippen LogP contribution in [0.2, 0.25) is 0 Å². The lowest BCUT2D eigenvalue weighted by Crippen LogP contribution is -2.41. The number of hydrogen-bond acceptors (Lipinski definition) is 3. The van der Waals surface area contributed by atoms with Gasteiger partial charge in [0.25, 0.3) is 5.91 Å². The Morgan fingerprint density at radius 3 is 3.00 bits per heavy atom. The number of rotatable bonds is 4. The van der Waals surface area contributed by atoms with E-state index in [1.165, 1.54) is 16.9 Å². The summed E-state index contributed by atoms with van der Waals surface area (Å²) in [4.78, 5) is 29.6. The van der Waals surface area contributed by atoms with Crippen molar-refractivity contribution >= 4 is 34.1 Å². The third kappa shape index (κ3) is 3.90. The Labute approximate surface area is 162 Å². The van der Waals surface area contributed by atoms with Gasteiger partial charge in [-0.2, -0.15) is 0 Å². The van der Waals surface area contributed by atoms with Crippen molar-refractivity contribution in [2.45, 2.75) is 39.0 Å². The zero-order valence-corrected chi connectivity index (χ0v) is 16.1. The summed E-state index contributed by atoms with van der Waals surface area (Å²) in [5.74, 6) is 0.248. The molecule has 5 nitrogen and oxygen atoms in total. The number of para-hydroxylation sites is 1. The summed E-state index contributed by atoms with van der Waals surface area (Å²) in [5, 5.41) is 1.13. The largest absolute Gasteiger partial charge is 0.361 e. The number of hydrazine groups is 1. The number of thiophene rings is 1. The first-order valence-electron chi connectivity index (χ1n) is 9.36. The van der Waals surface area contributed by atoms with Gasteiger partial charge in [0.2, 0.25) is 5.91 Å². The highest BCUT2D eigenvalue weighted by atomic mass is 32.1. The summed E-state index contributed by atoms with van der Waals surface area (Å²) in [6, 6.07) is 10.00. The maximum Gasteiger partial charge on any atom is 0.279 e. The smallest absolute Gasteiger partial charge is 0.279 e. The standard InChI is InChI=1S/C21H23N3O2S/c1-13-6-8-18-15(10-13)11-19(27-18)21(26)24-23-20(25)9-7-14-12-22-17-5-3-2-4-16(14)17/h2-5,11-13,22H,6-10H2,1H3,(H,23,25)(H,24,26). The molecule has 2 amide bonds. The minimum atomic E-state index is -0.234. The number of fused-ring (bicyclic) bond motifs is 2. The summed E-state index contributed by atoms with van der Waals surface area (Å²) < 4.78 is 0. The van der Waals surface area contributed by atoms with E-state index < -0.39 is 0 Å². The minimum Gasteiger partial charge on any atom is -0.361 e. The lowest BCUT2D eigenvalue weighted by Gasteiger charge is -2.16. The molecule has 6 heteroatoms. The summed E-state index contributed by atoms with van der Waals surface area (Å²) in [5.41, 5.74) is 8.55. The minimum absolute atomic E-state index is 0.191. The Morgan fingerprint density at radius 1 is 1.26 bits per heavy atom. The second-order valence-corrected chi connectivity index (χ2v) is 8.41. The van der Waals surface area contributed by atoms with Crippen LogP contribution in [0, 0.1) is 5.92 Å². The second kappa shape index (κ2) is 7.56. The highest BCUT2D eigenvalue weighted by Crippen LogP contribution is 2.32. The SMILES string of the molecule is CC1CCc2sc(C(=O)NNC(=O)CCc3c[nH]c4ccccc34)cc2C1. The number of H-pyrrole nitrogens is 1. The van der Waals surface area contributed by atoms with Gasteiger partial charge in [-0.15, -0.1) is 11.3 Å². The molecule has 3 N–H and O–H groups in total. The van der Waals surface area contributed by atoms with Gasteiger partial charge >= 0.3 is 0 Å². The van der Waals surface area contributed by atoms with Crippen molar-refractivity contribution < 1.29 is 9.59 Å². The first-order chi connectivity index (χ1) is 13.1. The number of hydrogen-bond donors (Lipinski definition) is 3. The zero-order chi connectivity index (χ0) is 18.8. The van der Waals surface area contributed by atoms with Crippen LogP contribution in [0.1, 0.15) is 45.4 Å². The Morgan fingerprint density at radius 2 is 2.11 bits per heavy atom. The van der Waals surface area contributed by atoms with Gasteiger partial charge in [0.1, 0.15) is 0 Å². The molecule has 1 aromatic carbocycles. The molecule has 0 spiro atoms. The van der Waals surface area contributed by atoms with Crippen LogP contribution in [-0.4, -0.2) is 16.8 Å². The van der Waals surface area contributed by atoms with E-state index in [4.69, 9.17) is 0 Å². The van der Waals surface area contributed by atoms with Gasteiger partial charge in [-0.1, -0.05) is 25.1 Å². The van der Waals surface area contributed by atoms with E-state index in [0.717, 1.165) is 29.3 Å². The number of aromatic nitrogens is 1. The molecule has 2 aromatic heterocycles. The van der Waals surface area contributed by atoms with E-state index in [9.17, 15) is 9.59 Å². The van der Waals surface area contributed by atoms with Crippen LogP contribution >= 0.6 is 11.3 Å². The lowest BCUT2D eigenvalue weighted by molar-refractivity contribution is -0.121. The van der Waals surface area contributed by atoms with Crippen LogP contribution in [0.3, 0.4) is 0 Å². The van der Waals surface area contributed by atoms with Crippen LogP contribution < -0.4 is 10.9 Å². The van der Waals surface area contributed by atoms with Gasteiger partial charge in [-0.25, -0.2) is 0 Å². The Hall–Kier alpha value is -2.60. The third-order valence-electron chi connectivity index (χ3n) is 5.16. The molecule has 27 heavy (non-hydrogen) atoms. The van der Waals surface area contributed by atoms with Crippen molar-refractivity contribution in [3.05, 3.63) is 57.4 Å². The fraction of sp³-hybridized carbons (Fsp3) is 0.333. The van der Waals surface area contributed by atoms with E-state index >= 15 is 0 Å². The fourth-order valence-electron chi connectivity index (χ4n) is 3.65. The van der Waals surface area contributed by atoms with Crippen LogP contribution in [0.5, 0.6) is 0 Å². The predicted molar refractivity (Wildman–Crippen MR) is 108 cm³/mol. The fourth-order valence-corrected chi connectivity index (χ4v) is 4.76. The van der Waals surface area contributed by atoms with Gasteiger partial charge in [-0.05, 0) is 54.9 Å². The number of carbonyl (C=O) groups is 2. The quantitative estimate of drug-likeness (QED) is 0.602. The van der Waals surface area contributed by atoms with Crippen molar-refractivity contribution in [2.75, 3.05) is 0 Å². The molecular weight excluding hydrogens is 358 g/mol. The molecular formula is C21H23N3O2S. The highest BCUT2D eigenvalue weighted by Gasteiger charge is 2.20. The van der Waals surface area contributed by atoms with Gasteiger partial charge in [0, 0.05) is 28.4 Å². The zero-order valence-electron chi connectivity index (χ0n) is 15.3. The predicted octanol–water partition coefficient (Wildman–Crippen LogP) is 3.75. The Kier molecular flexibility index (Phi) is 4.99.